The molecule has 6 heterocycles. The smallest absolute Gasteiger partial charge is 0.410 e. The van der Waals surface area contributed by atoms with E-state index in [4.69, 9.17) is 31.5 Å². The number of nitrogens with zero attached hydrogens (tertiary/aromatic N) is 9. The van der Waals surface area contributed by atoms with Crippen LogP contribution in [-0.4, -0.2) is 140 Å². The van der Waals surface area contributed by atoms with Crippen molar-refractivity contribution in [1.29, 1.82) is 0 Å². The molecule has 2 aliphatic heterocycles. The number of amides is 3. The molecule has 0 bridgehead atoms. The van der Waals surface area contributed by atoms with Crippen LogP contribution in [0.3, 0.4) is 0 Å². The minimum Gasteiger partial charge on any atom is -0.444 e. The van der Waals surface area contributed by atoms with Gasteiger partial charge in [-0.05, 0) is 140 Å². The zero-order valence-corrected chi connectivity index (χ0v) is 56.1. The fourth-order valence-electron chi connectivity index (χ4n) is 11.0. The number of pyridine rings is 4. The number of hydrogen-bond acceptors (Lipinski definition) is 17. The van der Waals surface area contributed by atoms with Crippen LogP contribution in [0.2, 0.25) is 5.15 Å². The largest absolute Gasteiger partial charge is 0.444 e. The molecule has 4 aromatic heterocycles. The lowest BCUT2D eigenvalue weighted by Crippen LogP contribution is -2.38. The van der Waals surface area contributed by atoms with E-state index >= 15 is 0 Å². The molecule has 2 aliphatic rings. The van der Waals surface area contributed by atoms with Gasteiger partial charge in [0.05, 0.1) is 50.0 Å². The topological polar surface area (TPSA) is 255 Å². The van der Waals surface area contributed by atoms with E-state index in [0.29, 0.717) is 108 Å². The van der Waals surface area contributed by atoms with Crippen molar-refractivity contribution in [3.63, 3.8) is 0 Å². The molecule has 0 fully saturated rings. The molecule has 22 nitrogen and oxygen atoms in total. The Morgan fingerprint density at radius 1 is 0.663 bits per heavy atom. The fraction of sp³-hybridized carbons (Fsp3) is 0.347. The summed E-state index contributed by atoms with van der Waals surface area (Å²) in [6.45, 7) is 9.36. The van der Waals surface area contributed by atoms with Crippen molar-refractivity contribution in [2.24, 2.45) is 14.1 Å². The summed E-state index contributed by atoms with van der Waals surface area (Å²) in [5.74, 6) is 0.365. The molecule has 23 heteroatoms. The Bertz CT molecular complexity index is 4070. The van der Waals surface area contributed by atoms with E-state index in [2.05, 4.69) is 32.7 Å². The molecular weight excluding hydrogens is 1230 g/mol. The number of carbonyl (C=O) groups excluding carboxylic acids is 3. The molecular formula is C72H89ClN12O10. The van der Waals surface area contributed by atoms with Gasteiger partial charge in [0, 0.05) is 159 Å². The van der Waals surface area contributed by atoms with Gasteiger partial charge in [0.2, 0.25) is 0 Å². The maximum atomic E-state index is 13.6. The first kappa shape index (κ1) is 73.0. The maximum absolute atomic E-state index is 13.6. The second kappa shape index (κ2) is 33.1. The van der Waals surface area contributed by atoms with Gasteiger partial charge in [-0.2, -0.15) is 0 Å². The fourth-order valence-corrected chi connectivity index (χ4v) is 11.1. The minimum absolute atomic E-state index is 0. The number of nitrogen functional groups attached to an aromatic ring is 1. The highest BCUT2D eigenvalue weighted by Crippen LogP contribution is 2.38. The van der Waals surface area contributed by atoms with Crippen molar-refractivity contribution in [3.05, 3.63) is 204 Å². The van der Waals surface area contributed by atoms with Crippen LogP contribution in [0.15, 0.2) is 144 Å². The van der Waals surface area contributed by atoms with Crippen LogP contribution in [0.1, 0.15) is 82.3 Å². The van der Waals surface area contributed by atoms with E-state index in [1.54, 1.807) is 86.0 Å². The summed E-state index contributed by atoms with van der Waals surface area (Å²) in [7, 11) is 14.5. The maximum Gasteiger partial charge on any atom is 0.410 e. The average molecular weight is 1320 g/mol. The van der Waals surface area contributed by atoms with Gasteiger partial charge in [0.1, 0.15) is 22.3 Å². The number of aliphatic hydroxyl groups excluding tert-OH is 2. The zero-order valence-electron chi connectivity index (χ0n) is 55.3. The predicted octanol–water partition coefficient (Wildman–Crippen LogP) is 9.84. The Morgan fingerprint density at radius 3 is 1.66 bits per heavy atom. The summed E-state index contributed by atoms with van der Waals surface area (Å²) in [6, 6.07) is 33.6. The molecule has 0 unspecified atom stereocenters. The molecule has 0 spiro atoms. The number of nitrogens with two attached hydrogens (primary N) is 1. The number of aliphatic hydroxyl groups is 2. The van der Waals surface area contributed by atoms with Crippen LogP contribution in [-0.2, 0) is 67.5 Å². The van der Waals surface area contributed by atoms with Gasteiger partial charge in [0.25, 0.3) is 22.9 Å². The first-order valence-corrected chi connectivity index (χ1v) is 31.2. The molecule has 95 heavy (non-hydrogen) atoms. The molecule has 0 saturated heterocycles. The normalized spacial score (nSPS) is 12.5. The number of rotatable bonds is 20. The SMILES string of the molecule is C.CN(C)c1ccc2c(c1)CCN(c1cccc(-c3cc(N)c(=O)n(C)c3)c1CO)C2=O.COCCN(Cc1ccc(Cl)nc1)C(=O)OC(C)(C)C.COCCNCc1ccc(Nc2cc(-c3cccc(N4CCc5cc(N(C)C)ccc5C4=O)c3CO)cn(C)c2=O)nc1. The quantitative estimate of drug-likeness (QED) is 0.0351. The van der Waals surface area contributed by atoms with Crippen molar-refractivity contribution < 1.29 is 38.8 Å². The number of methoxy groups -OCH3 is 2. The van der Waals surface area contributed by atoms with Gasteiger partial charge in [-0.15, -0.1) is 0 Å². The Morgan fingerprint density at radius 2 is 1.19 bits per heavy atom. The summed E-state index contributed by atoms with van der Waals surface area (Å²) in [6.07, 6.45) is 7.90. The van der Waals surface area contributed by atoms with Crippen molar-refractivity contribution in [2.75, 3.05) is 112 Å². The van der Waals surface area contributed by atoms with Crippen LogP contribution in [0.5, 0.6) is 0 Å². The Labute approximate surface area is 561 Å². The van der Waals surface area contributed by atoms with Crippen LogP contribution in [0.25, 0.3) is 22.3 Å². The van der Waals surface area contributed by atoms with Gasteiger partial charge in [-0.1, -0.05) is 55.4 Å². The van der Waals surface area contributed by atoms with E-state index in [1.807, 2.05) is 138 Å². The number of hydrogen-bond donors (Lipinski definition) is 5. The number of carbonyl (C=O) groups is 3. The van der Waals surface area contributed by atoms with E-state index in [1.165, 1.54) is 9.13 Å². The molecule has 10 rings (SSSR count). The summed E-state index contributed by atoms with van der Waals surface area (Å²) < 4.78 is 18.4. The first-order valence-electron chi connectivity index (χ1n) is 30.8. The number of fused-ring (bicyclic) bond motifs is 2. The average Bonchev–Trinajstić information content (AvgIpc) is 0.780. The van der Waals surface area contributed by atoms with Gasteiger partial charge in [-0.25, -0.2) is 14.8 Å². The van der Waals surface area contributed by atoms with E-state index in [-0.39, 0.29) is 55.4 Å². The number of anilines is 7. The summed E-state index contributed by atoms with van der Waals surface area (Å²) in [5, 5.41) is 27.7. The Balaban J connectivity index is 0.000000215. The first-order chi connectivity index (χ1) is 44.9. The van der Waals surface area contributed by atoms with Crippen molar-refractivity contribution >= 4 is 69.5 Å². The van der Waals surface area contributed by atoms with Gasteiger partial charge in [-0.3, -0.25) is 19.2 Å². The van der Waals surface area contributed by atoms with E-state index < -0.39 is 5.60 Å². The van der Waals surface area contributed by atoms with E-state index in [0.717, 1.165) is 63.3 Å². The minimum atomic E-state index is -0.527. The van der Waals surface area contributed by atoms with E-state index in [9.17, 15) is 34.2 Å². The van der Waals surface area contributed by atoms with Gasteiger partial charge < -0.3 is 74.4 Å². The predicted molar refractivity (Wildman–Crippen MR) is 378 cm³/mol. The molecule has 8 aromatic rings. The van der Waals surface area contributed by atoms with Crippen molar-refractivity contribution in [1.82, 2.24) is 29.3 Å². The van der Waals surface area contributed by atoms with Gasteiger partial charge in [0.15, 0.2) is 0 Å². The number of nitrogens with one attached hydrogen (secondary N) is 2. The lowest BCUT2D eigenvalue weighted by Gasteiger charge is -2.31. The molecule has 0 atom stereocenters. The number of aromatic nitrogens is 4. The lowest BCUT2D eigenvalue weighted by atomic mass is 9.94. The molecule has 0 aliphatic carbocycles. The molecule has 0 saturated carbocycles. The molecule has 504 valence electrons. The second-order valence-corrected chi connectivity index (χ2v) is 24.6. The van der Waals surface area contributed by atoms with Crippen molar-refractivity contribution in [2.45, 2.75) is 72.9 Å². The molecule has 6 N–H and O–H groups in total. The Hall–Kier alpha value is -9.42. The third-order valence-electron chi connectivity index (χ3n) is 15.9. The van der Waals surface area contributed by atoms with Crippen LogP contribution >= 0.6 is 11.6 Å². The Kier molecular flexibility index (Phi) is 25.4. The third-order valence-corrected chi connectivity index (χ3v) is 16.1. The van der Waals surface area contributed by atoms with Crippen LogP contribution < -0.4 is 47.1 Å². The lowest BCUT2D eigenvalue weighted by molar-refractivity contribution is 0.0183. The third kappa shape index (κ3) is 18.3. The van der Waals surface area contributed by atoms with Crippen LogP contribution in [0, 0.1) is 0 Å². The molecule has 0 radical (unpaired) electrons. The van der Waals surface area contributed by atoms with Crippen LogP contribution in [0.4, 0.5) is 44.7 Å². The standard InChI is InChI=1S/C33H38N6O4.C24H26N4O3.C14H21ClN2O3.CH4/c1-37(2)25-9-10-27-23(16-25)12-14-39(32(27)41)30-7-5-6-26(28(30)21-40)24-17-29(33(42)38(3)20-24)36-31-11-8-22(19-35-31)18-34-13-15-43-4;1-26(2)17-7-8-19-15(11-17)9-10-28(23(19)30)22-6-4-5-18(20(22)14-29)16-12-21(25)24(31)27(3)13-16;1-14(2,3)20-13(18)17(7-8-19-4)10-11-5-6-12(15)16-9-11;/h5-11,16-17,19-20,34,40H,12-15,18,21H2,1-4H3,(H,35,36);4-8,11-13,29H,9-10,14,25H2,1-3H3;5-6,9H,7-8,10H2,1-4H3;1H4. The summed E-state index contributed by atoms with van der Waals surface area (Å²) in [5.41, 5.74) is 18.3. The number of halogens is 1. The number of aryl methyl sites for hydroxylation is 2. The van der Waals surface area contributed by atoms with Gasteiger partial charge >= 0.3 is 6.09 Å². The summed E-state index contributed by atoms with van der Waals surface area (Å²) >= 11 is 5.75. The highest BCUT2D eigenvalue weighted by atomic mass is 35.5. The second-order valence-electron chi connectivity index (χ2n) is 24.2. The number of benzene rings is 4. The monoisotopic (exact) mass is 1320 g/mol. The number of ether oxygens (including phenoxy) is 3. The summed E-state index contributed by atoms with van der Waals surface area (Å²) in [4.78, 5) is 81.7. The van der Waals surface area contributed by atoms with Crippen molar-refractivity contribution in [3.8, 4) is 22.3 Å². The molecule has 3 amide bonds. The highest BCUT2D eigenvalue weighted by molar-refractivity contribution is 6.29. The zero-order chi connectivity index (χ0) is 68.0. The highest BCUT2D eigenvalue weighted by Gasteiger charge is 2.31. The molecule has 4 aromatic carbocycles.